The lowest BCUT2D eigenvalue weighted by Crippen LogP contribution is -2.37. The zero-order valence-electron chi connectivity index (χ0n) is 11.1. The van der Waals surface area contributed by atoms with Crippen molar-refractivity contribution in [2.45, 2.75) is 18.9 Å². The van der Waals surface area contributed by atoms with Crippen LogP contribution in [0.1, 0.15) is 16.8 Å². The highest BCUT2D eigenvalue weighted by atomic mass is 35.5. The SMILES string of the molecule is Cc1nn(C)c(Cl)c1CC(O)(CN)c1ccccc1. The highest BCUT2D eigenvalue weighted by Crippen LogP contribution is 2.29. The molecule has 1 heterocycles. The third kappa shape index (κ3) is 2.66. The molecule has 0 amide bonds. The summed E-state index contributed by atoms with van der Waals surface area (Å²) in [6.45, 7) is 2.00. The van der Waals surface area contributed by atoms with Crippen molar-refractivity contribution >= 4 is 11.6 Å². The summed E-state index contributed by atoms with van der Waals surface area (Å²) in [6, 6.07) is 9.41. The predicted octanol–water partition coefficient (Wildman–Crippen LogP) is 1.77. The van der Waals surface area contributed by atoms with Crippen molar-refractivity contribution in [3.8, 4) is 0 Å². The van der Waals surface area contributed by atoms with Gasteiger partial charge in [0.2, 0.25) is 0 Å². The fraction of sp³-hybridized carbons (Fsp3) is 0.357. The van der Waals surface area contributed by atoms with Gasteiger partial charge in [0.1, 0.15) is 10.8 Å². The van der Waals surface area contributed by atoms with Gasteiger partial charge < -0.3 is 10.8 Å². The zero-order chi connectivity index (χ0) is 14.0. The van der Waals surface area contributed by atoms with E-state index in [1.165, 1.54) is 0 Å². The van der Waals surface area contributed by atoms with Crippen molar-refractivity contribution in [3.05, 3.63) is 52.3 Å². The number of nitrogens with two attached hydrogens (primary N) is 1. The standard InChI is InChI=1S/C14H18ClN3O/c1-10-12(13(15)18(2)17-10)8-14(19,9-16)11-6-4-3-5-7-11/h3-7,19H,8-9,16H2,1-2H3. The van der Waals surface area contributed by atoms with Crippen LogP contribution in [0.3, 0.4) is 0 Å². The van der Waals surface area contributed by atoms with E-state index >= 15 is 0 Å². The van der Waals surface area contributed by atoms with Crippen LogP contribution in [0.25, 0.3) is 0 Å². The van der Waals surface area contributed by atoms with Crippen molar-refractivity contribution < 1.29 is 5.11 Å². The van der Waals surface area contributed by atoms with Gasteiger partial charge in [0.25, 0.3) is 0 Å². The normalized spacial score (nSPS) is 14.4. The van der Waals surface area contributed by atoms with Gasteiger partial charge in [0.05, 0.1) is 5.69 Å². The Morgan fingerprint density at radius 3 is 2.47 bits per heavy atom. The van der Waals surface area contributed by atoms with Crippen molar-refractivity contribution in [1.82, 2.24) is 9.78 Å². The van der Waals surface area contributed by atoms with Gasteiger partial charge in [-0.3, -0.25) is 4.68 Å². The van der Waals surface area contributed by atoms with E-state index in [1.54, 1.807) is 11.7 Å². The fourth-order valence-corrected chi connectivity index (χ4v) is 2.45. The molecule has 0 aliphatic carbocycles. The third-order valence-corrected chi connectivity index (χ3v) is 3.86. The highest BCUT2D eigenvalue weighted by Gasteiger charge is 2.30. The zero-order valence-corrected chi connectivity index (χ0v) is 11.9. The lowest BCUT2D eigenvalue weighted by Gasteiger charge is -2.27. The molecule has 5 heteroatoms. The number of aliphatic hydroxyl groups is 1. The summed E-state index contributed by atoms with van der Waals surface area (Å²) in [5, 5.41) is 15.6. The molecular formula is C14H18ClN3O. The number of nitrogens with zero attached hydrogens (tertiary/aromatic N) is 2. The van der Waals surface area contributed by atoms with Gasteiger partial charge in [-0.25, -0.2) is 0 Å². The van der Waals surface area contributed by atoms with Gasteiger partial charge in [-0.05, 0) is 12.5 Å². The minimum absolute atomic E-state index is 0.127. The molecule has 0 fully saturated rings. The Balaban J connectivity index is 2.39. The summed E-state index contributed by atoms with van der Waals surface area (Å²) < 4.78 is 1.61. The van der Waals surface area contributed by atoms with E-state index in [2.05, 4.69) is 5.10 Å². The maximum Gasteiger partial charge on any atom is 0.130 e. The number of hydrogen-bond acceptors (Lipinski definition) is 3. The molecule has 4 nitrogen and oxygen atoms in total. The Kier molecular flexibility index (Phi) is 3.94. The van der Waals surface area contributed by atoms with Gasteiger partial charge in [-0.1, -0.05) is 41.9 Å². The molecule has 0 saturated heterocycles. The van der Waals surface area contributed by atoms with Crippen molar-refractivity contribution in [2.75, 3.05) is 6.54 Å². The minimum atomic E-state index is -1.13. The molecule has 1 aromatic carbocycles. The van der Waals surface area contributed by atoms with Crippen LogP contribution in [0, 0.1) is 6.92 Å². The summed E-state index contributed by atoms with van der Waals surface area (Å²) >= 11 is 6.21. The molecule has 0 spiro atoms. The molecule has 0 aliphatic rings. The maximum atomic E-state index is 10.8. The monoisotopic (exact) mass is 279 g/mol. The van der Waals surface area contributed by atoms with Gasteiger partial charge in [-0.2, -0.15) is 5.10 Å². The van der Waals surface area contributed by atoms with E-state index in [0.717, 1.165) is 16.8 Å². The number of aromatic nitrogens is 2. The average Bonchev–Trinajstić information content (AvgIpc) is 2.66. The molecule has 102 valence electrons. The number of halogens is 1. The summed E-state index contributed by atoms with van der Waals surface area (Å²) in [5.41, 5.74) is 7.09. The fourth-order valence-electron chi connectivity index (χ4n) is 2.21. The van der Waals surface area contributed by atoms with E-state index in [4.69, 9.17) is 17.3 Å². The smallest absolute Gasteiger partial charge is 0.130 e. The number of hydrogen-bond donors (Lipinski definition) is 2. The third-order valence-electron chi connectivity index (χ3n) is 3.39. The van der Waals surface area contributed by atoms with E-state index < -0.39 is 5.60 Å². The molecule has 0 saturated carbocycles. The van der Waals surface area contributed by atoms with Crippen LogP contribution < -0.4 is 5.73 Å². The second-order valence-electron chi connectivity index (χ2n) is 4.76. The molecule has 0 bridgehead atoms. The first-order valence-electron chi connectivity index (χ1n) is 6.14. The highest BCUT2D eigenvalue weighted by molar-refractivity contribution is 6.30. The van der Waals surface area contributed by atoms with Gasteiger partial charge in [0.15, 0.2) is 0 Å². The van der Waals surface area contributed by atoms with Crippen LogP contribution in [0.2, 0.25) is 5.15 Å². The number of aryl methyl sites for hydroxylation is 2. The van der Waals surface area contributed by atoms with Crippen LogP contribution >= 0.6 is 11.6 Å². The topological polar surface area (TPSA) is 64.1 Å². The van der Waals surface area contributed by atoms with Gasteiger partial charge in [0, 0.05) is 25.6 Å². The molecule has 2 rings (SSSR count). The molecule has 0 aliphatic heterocycles. The Morgan fingerprint density at radius 2 is 2.00 bits per heavy atom. The Hall–Kier alpha value is -1.36. The van der Waals surface area contributed by atoms with Crippen LogP contribution in [-0.2, 0) is 19.1 Å². The summed E-state index contributed by atoms with van der Waals surface area (Å²) in [6.07, 6.45) is 0.353. The van der Waals surface area contributed by atoms with Crippen LogP contribution in [0.15, 0.2) is 30.3 Å². The van der Waals surface area contributed by atoms with Crippen LogP contribution in [-0.4, -0.2) is 21.4 Å². The molecule has 2 aromatic rings. The van der Waals surface area contributed by atoms with Crippen LogP contribution in [0.4, 0.5) is 0 Å². The summed E-state index contributed by atoms with van der Waals surface area (Å²) in [7, 11) is 1.78. The molecule has 3 N–H and O–H groups in total. The second kappa shape index (κ2) is 5.33. The largest absolute Gasteiger partial charge is 0.383 e. The molecule has 19 heavy (non-hydrogen) atoms. The Labute approximate surface area is 117 Å². The maximum absolute atomic E-state index is 10.8. The van der Waals surface area contributed by atoms with E-state index in [-0.39, 0.29) is 6.54 Å². The van der Waals surface area contributed by atoms with Crippen molar-refractivity contribution in [2.24, 2.45) is 12.8 Å². The van der Waals surface area contributed by atoms with Gasteiger partial charge >= 0.3 is 0 Å². The Bertz CT molecular complexity index is 568. The molecule has 1 unspecified atom stereocenters. The molecule has 1 aromatic heterocycles. The summed E-state index contributed by atoms with van der Waals surface area (Å²) in [5.74, 6) is 0. The average molecular weight is 280 g/mol. The lowest BCUT2D eigenvalue weighted by molar-refractivity contribution is 0.0461. The first kappa shape index (κ1) is 14.1. The predicted molar refractivity (Wildman–Crippen MR) is 76.1 cm³/mol. The first-order chi connectivity index (χ1) is 8.98. The first-order valence-corrected chi connectivity index (χ1v) is 6.51. The van der Waals surface area contributed by atoms with Gasteiger partial charge in [-0.15, -0.1) is 0 Å². The van der Waals surface area contributed by atoms with E-state index in [9.17, 15) is 5.11 Å². The van der Waals surface area contributed by atoms with Crippen LogP contribution in [0.5, 0.6) is 0 Å². The minimum Gasteiger partial charge on any atom is -0.383 e. The van der Waals surface area contributed by atoms with E-state index in [1.807, 2.05) is 37.3 Å². The second-order valence-corrected chi connectivity index (χ2v) is 5.11. The van der Waals surface area contributed by atoms with Crippen molar-refractivity contribution in [1.29, 1.82) is 0 Å². The summed E-state index contributed by atoms with van der Waals surface area (Å²) in [4.78, 5) is 0. The quantitative estimate of drug-likeness (QED) is 0.897. The number of rotatable bonds is 4. The van der Waals surface area contributed by atoms with Crippen molar-refractivity contribution in [3.63, 3.8) is 0 Å². The number of benzene rings is 1. The molecule has 0 radical (unpaired) electrons. The molecule has 1 atom stereocenters. The van der Waals surface area contributed by atoms with E-state index in [0.29, 0.717) is 11.6 Å². The molecular weight excluding hydrogens is 262 g/mol. The lowest BCUT2D eigenvalue weighted by atomic mass is 9.87. The Morgan fingerprint density at radius 1 is 1.37 bits per heavy atom.